The van der Waals surface area contributed by atoms with E-state index >= 15 is 0 Å². The Labute approximate surface area is 106 Å². The van der Waals surface area contributed by atoms with Gasteiger partial charge < -0.3 is 5.11 Å². The van der Waals surface area contributed by atoms with Crippen molar-refractivity contribution < 1.29 is 14.3 Å². The minimum atomic E-state index is -0.769. The zero-order chi connectivity index (χ0) is 13.3. The molecule has 1 heterocycles. The van der Waals surface area contributed by atoms with Crippen LogP contribution in [-0.2, 0) is 4.79 Å². The van der Waals surface area contributed by atoms with E-state index in [1.165, 1.54) is 12.1 Å². The highest BCUT2D eigenvalue weighted by Crippen LogP contribution is 2.32. The first-order chi connectivity index (χ1) is 8.50. The van der Waals surface area contributed by atoms with Gasteiger partial charge in [0.05, 0.1) is 0 Å². The van der Waals surface area contributed by atoms with Crippen molar-refractivity contribution in [3.05, 3.63) is 35.6 Å². The van der Waals surface area contributed by atoms with E-state index in [0.29, 0.717) is 0 Å². The Kier molecular flexibility index (Phi) is 3.66. The molecule has 18 heavy (non-hydrogen) atoms. The number of nitrogens with zero attached hydrogens (tertiary/aromatic N) is 1. The van der Waals surface area contributed by atoms with Crippen molar-refractivity contribution in [2.24, 2.45) is 5.92 Å². The van der Waals surface area contributed by atoms with Crippen molar-refractivity contribution in [1.82, 2.24) is 4.90 Å². The number of rotatable bonds is 3. The first kappa shape index (κ1) is 13.0. The molecule has 1 aliphatic rings. The lowest BCUT2D eigenvalue weighted by molar-refractivity contribution is -0.144. The third-order valence-corrected chi connectivity index (χ3v) is 3.84. The minimum Gasteiger partial charge on any atom is -0.480 e. The van der Waals surface area contributed by atoms with Crippen LogP contribution in [0.25, 0.3) is 0 Å². The second-order valence-corrected chi connectivity index (χ2v) is 5.01. The first-order valence-electron chi connectivity index (χ1n) is 6.24. The minimum absolute atomic E-state index is 0.00310. The molecule has 3 atom stereocenters. The van der Waals surface area contributed by atoms with Crippen LogP contribution in [0.2, 0.25) is 0 Å². The molecule has 1 aromatic carbocycles. The number of halogens is 1. The smallest absolute Gasteiger partial charge is 0.321 e. The van der Waals surface area contributed by atoms with E-state index < -0.39 is 12.0 Å². The Morgan fingerprint density at radius 2 is 2.06 bits per heavy atom. The molecule has 1 N–H and O–H groups in total. The monoisotopic (exact) mass is 251 g/mol. The first-order valence-corrected chi connectivity index (χ1v) is 6.24. The topological polar surface area (TPSA) is 40.5 Å². The van der Waals surface area contributed by atoms with Gasteiger partial charge in [0.1, 0.15) is 11.9 Å². The largest absolute Gasteiger partial charge is 0.480 e. The quantitative estimate of drug-likeness (QED) is 0.898. The average Bonchev–Trinajstić information content (AvgIpc) is 2.71. The predicted molar refractivity (Wildman–Crippen MR) is 66.7 cm³/mol. The number of aliphatic carboxylic acids is 1. The lowest BCUT2D eigenvalue weighted by Gasteiger charge is -2.29. The van der Waals surface area contributed by atoms with Crippen molar-refractivity contribution in [3.63, 3.8) is 0 Å². The fraction of sp³-hybridized carbons (Fsp3) is 0.500. The van der Waals surface area contributed by atoms with Crippen LogP contribution < -0.4 is 0 Å². The summed E-state index contributed by atoms with van der Waals surface area (Å²) in [6.45, 7) is 4.72. The van der Waals surface area contributed by atoms with Gasteiger partial charge in [-0.05, 0) is 43.5 Å². The fourth-order valence-corrected chi connectivity index (χ4v) is 2.73. The summed E-state index contributed by atoms with van der Waals surface area (Å²) in [7, 11) is 0. The second-order valence-electron chi connectivity index (χ2n) is 5.01. The van der Waals surface area contributed by atoms with Crippen molar-refractivity contribution in [1.29, 1.82) is 0 Å². The van der Waals surface area contributed by atoms with Crippen molar-refractivity contribution in [2.75, 3.05) is 6.54 Å². The molecule has 0 aliphatic carbocycles. The van der Waals surface area contributed by atoms with Gasteiger partial charge in [0.15, 0.2) is 0 Å². The molecule has 0 saturated carbocycles. The summed E-state index contributed by atoms with van der Waals surface area (Å²) in [4.78, 5) is 13.3. The summed E-state index contributed by atoms with van der Waals surface area (Å²) < 4.78 is 12.9. The Balaban J connectivity index is 2.20. The Hall–Kier alpha value is -1.42. The maximum absolute atomic E-state index is 12.9. The van der Waals surface area contributed by atoms with Crippen LogP contribution in [0.5, 0.6) is 0 Å². The number of carboxylic acid groups (broad SMARTS) is 1. The molecule has 4 heteroatoms. The second kappa shape index (κ2) is 5.06. The van der Waals surface area contributed by atoms with E-state index in [0.717, 1.165) is 18.5 Å². The van der Waals surface area contributed by atoms with Crippen molar-refractivity contribution in [3.8, 4) is 0 Å². The SMILES string of the molecule is CC1CCN(C(C)c2ccc(F)cc2)C1C(=O)O. The van der Waals surface area contributed by atoms with Gasteiger partial charge in [0.25, 0.3) is 0 Å². The number of carboxylic acids is 1. The van der Waals surface area contributed by atoms with E-state index in [9.17, 15) is 14.3 Å². The van der Waals surface area contributed by atoms with Gasteiger partial charge in [0.2, 0.25) is 0 Å². The summed E-state index contributed by atoms with van der Waals surface area (Å²) in [5.41, 5.74) is 0.955. The number of hydrogen-bond donors (Lipinski definition) is 1. The molecule has 3 unspecified atom stereocenters. The third-order valence-electron chi connectivity index (χ3n) is 3.84. The molecule has 3 nitrogen and oxygen atoms in total. The van der Waals surface area contributed by atoms with Crippen LogP contribution in [0.3, 0.4) is 0 Å². The van der Waals surface area contributed by atoms with Gasteiger partial charge in [0, 0.05) is 6.04 Å². The standard InChI is InChI=1S/C14H18FNO2/c1-9-7-8-16(13(9)14(17)18)10(2)11-3-5-12(15)6-4-11/h3-6,9-10,13H,7-8H2,1-2H3,(H,17,18). The van der Waals surface area contributed by atoms with Crippen molar-refractivity contribution >= 4 is 5.97 Å². The molecule has 1 aromatic rings. The zero-order valence-corrected chi connectivity index (χ0v) is 10.6. The summed E-state index contributed by atoms with van der Waals surface area (Å²) in [6, 6.07) is 5.84. The molecular formula is C14H18FNO2. The number of hydrogen-bond acceptors (Lipinski definition) is 2. The van der Waals surface area contributed by atoms with Crippen LogP contribution in [0.1, 0.15) is 31.9 Å². The molecule has 0 bridgehead atoms. The third kappa shape index (κ3) is 2.38. The van der Waals surface area contributed by atoms with Gasteiger partial charge >= 0.3 is 5.97 Å². The van der Waals surface area contributed by atoms with Gasteiger partial charge in [-0.3, -0.25) is 9.69 Å². The number of carbonyl (C=O) groups is 1. The molecule has 1 fully saturated rings. The van der Waals surface area contributed by atoms with Gasteiger partial charge in [-0.25, -0.2) is 4.39 Å². The number of likely N-dealkylation sites (tertiary alicyclic amines) is 1. The lowest BCUT2D eigenvalue weighted by Crippen LogP contribution is -2.40. The molecule has 0 spiro atoms. The molecule has 0 aromatic heterocycles. The molecule has 1 aliphatic heterocycles. The molecule has 1 saturated heterocycles. The van der Waals surface area contributed by atoms with E-state index in [1.807, 2.05) is 18.7 Å². The highest BCUT2D eigenvalue weighted by molar-refractivity contribution is 5.74. The normalized spacial score (nSPS) is 26.2. The van der Waals surface area contributed by atoms with Crippen LogP contribution >= 0.6 is 0 Å². The molecule has 98 valence electrons. The highest BCUT2D eigenvalue weighted by Gasteiger charge is 2.39. The molecule has 0 radical (unpaired) electrons. The summed E-state index contributed by atoms with van der Waals surface area (Å²) in [5.74, 6) is -0.880. The molecular weight excluding hydrogens is 233 g/mol. The van der Waals surface area contributed by atoms with Gasteiger partial charge in [-0.1, -0.05) is 19.1 Å². The van der Waals surface area contributed by atoms with E-state index in [-0.39, 0.29) is 17.8 Å². The van der Waals surface area contributed by atoms with E-state index in [2.05, 4.69) is 0 Å². The van der Waals surface area contributed by atoms with Gasteiger partial charge in [-0.2, -0.15) is 0 Å². The number of benzene rings is 1. The van der Waals surface area contributed by atoms with Gasteiger partial charge in [-0.15, -0.1) is 0 Å². The van der Waals surface area contributed by atoms with Crippen molar-refractivity contribution in [2.45, 2.75) is 32.4 Å². The Morgan fingerprint density at radius 1 is 1.44 bits per heavy atom. The van der Waals surface area contributed by atoms with Crippen LogP contribution in [0, 0.1) is 11.7 Å². The van der Waals surface area contributed by atoms with E-state index in [1.54, 1.807) is 12.1 Å². The van der Waals surface area contributed by atoms with Crippen LogP contribution in [-0.4, -0.2) is 28.6 Å². The maximum Gasteiger partial charge on any atom is 0.321 e. The van der Waals surface area contributed by atoms with E-state index in [4.69, 9.17) is 0 Å². The summed E-state index contributed by atoms with van der Waals surface area (Å²) in [6.07, 6.45) is 0.891. The predicted octanol–water partition coefficient (Wildman–Crippen LogP) is 2.68. The average molecular weight is 251 g/mol. The zero-order valence-electron chi connectivity index (χ0n) is 10.6. The lowest BCUT2D eigenvalue weighted by atomic mass is 10.0. The Bertz CT molecular complexity index is 432. The summed E-state index contributed by atoms with van der Waals surface area (Å²) in [5, 5.41) is 9.29. The molecule has 2 rings (SSSR count). The fourth-order valence-electron chi connectivity index (χ4n) is 2.73. The maximum atomic E-state index is 12.9. The summed E-state index contributed by atoms with van der Waals surface area (Å²) >= 11 is 0. The van der Waals surface area contributed by atoms with Crippen LogP contribution in [0.4, 0.5) is 4.39 Å². The van der Waals surface area contributed by atoms with Crippen LogP contribution in [0.15, 0.2) is 24.3 Å². The Morgan fingerprint density at radius 3 is 2.61 bits per heavy atom. The molecule has 0 amide bonds. The highest BCUT2D eigenvalue weighted by atomic mass is 19.1.